The van der Waals surface area contributed by atoms with Gasteiger partial charge in [-0.25, -0.2) is 0 Å². The van der Waals surface area contributed by atoms with Crippen molar-refractivity contribution in [2.75, 3.05) is 0 Å². The summed E-state index contributed by atoms with van der Waals surface area (Å²) >= 11 is 3.43. The van der Waals surface area contributed by atoms with E-state index in [0.29, 0.717) is 0 Å². The maximum Gasteiger partial charge on any atom is 0.0701 e. The van der Waals surface area contributed by atoms with Gasteiger partial charge in [-0.05, 0) is 31.0 Å². The molecule has 0 saturated heterocycles. The van der Waals surface area contributed by atoms with Gasteiger partial charge < -0.3 is 0 Å². The van der Waals surface area contributed by atoms with Crippen LogP contribution < -0.4 is 0 Å². The molecule has 0 radical (unpaired) electrons. The Morgan fingerprint density at radius 2 is 2.17 bits per heavy atom. The third-order valence-electron chi connectivity index (χ3n) is 1.97. The maximum absolute atomic E-state index is 8.74. The van der Waals surface area contributed by atoms with E-state index in [9.17, 15) is 0 Å². The van der Waals surface area contributed by atoms with E-state index in [1.54, 1.807) is 0 Å². The van der Waals surface area contributed by atoms with Gasteiger partial charge in [0.25, 0.3) is 0 Å². The molecular weight excluding hydrogens is 214 g/mol. The van der Waals surface area contributed by atoms with E-state index in [1.807, 2.05) is 32.0 Å². The molecule has 1 aromatic rings. The lowest BCUT2D eigenvalue weighted by Crippen LogP contribution is -1.93. The van der Waals surface area contributed by atoms with E-state index < -0.39 is 0 Å². The van der Waals surface area contributed by atoms with E-state index in [0.717, 1.165) is 15.6 Å². The number of halogens is 1. The topological polar surface area (TPSA) is 23.8 Å². The number of hydrogen-bond donors (Lipinski definition) is 0. The van der Waals surface area contributed by atoms with Crippen LogP contribution in [0.3, 0.4) is 0 Å². The second-order valence-electron chi connectivity index (χ2n) is 2.80. The first-order valence-electron chi connectivity index (χ1n) is 3.81. The molecule has 1 nitrogen and oxygen atoms in total. The maximum atomic E-state index is 8.74. The van der Waals surface area contributed by atoms with E-state index in [1.165, 1.54) is 0 Å². The van der Waals surface area contributed by atoms with Crippen molar-refractivity contribution in [3.8, 4) is 6.07 Å². The van der Waals surface area contributed by atoms with Crippen LogP contribution in [-0.2, 0) is 0 Å². The van der Waals surface area contributed by atoms with Crippen LogP contribution in [0.4, 0.5) is 0 Å². The Kier molecular flexibility index (Phi) is 2.88. The molecule has 0 aromatic heterocycles. The molecule has 0 fully saturated rings. The molecule has 0 aliphatic heterocycles. The van der Waals surface area contributed by atoms with Crippen molar-refractivity contribution in [3.63, 3.8) is 0 Å². The summed E-state index contributed by atoms with van der Waals surface area (Å²) in [5.74, 6) is -0.0255. The molecule has 0 bridgehead atoms. The van der Waals surface area contributed by atoms with E-state index in [2.05, 4.69) is 22.0 Å². The molecule has 0 N–H and O–H groups in total. The molecule has 62 valence electrons. The number of benzene rings is 1. The van der Waals surface area contributed by atoms with Crippen molar-refractivity contribution in [1.29, 1.82) is 5.26 Å². The van der Waals surface area contributed by atoms with Gasteiger partial charge in [0.2, 0.25) is 0 Å². The number of nitrogens with zero attached hydrogens (tertiary/aromatic N) is 1. The van der Waals surface area contributed by atoms with Crippen LogP contribution in [0.1, 0.15) is 24.0 Å². The van der Waals surface area contributed by atoms with Gasteiger partial charge in [0.15, 0.2) is 0 Å². The smallest absolute Gasteiger partial charge is 0.0701 e. The van der Waals surface area contributed by atoms with Crippen molar-refractivity contribution in [3.05, 3.63) is 33.8 Å². The van der Waals surface area contributed by atoms with E-state index in [-0.39, 0.29) is 5.92 Å². The van der Waals surface area contributed by atoms with Gasteiger partial charge >= 0.3 is 0 Å². The van der Waals surface area contributed by atoms with Crippen molar-refractivity contribution >= 4 is 15.9 Å². The minimum atomic E-state index is -0.0255. The molecular formula is C10H10BrN. The average molecular weight is 224 g/mol. The molecule has 12 heavy (non-hydrogen) atoms. The van der Waals surface area contributed by atoms with Gasteiger partial charge in [0, 0.05) is 4.47 Å². The van der Waals surface area contributed by atoms with Crippen molar-refractivity contribution in [2.45, 2.75) is 19.8 Å². The zero-order chi connectivity index (χ0) is 9.14. The fourth-order valence-electron chi connectivity index (χ4n) is 1.16. The number of nitriles is 1. The van der Waals surface area contributed by atoms with E-state index >= 15 is 0 Å². The zero-order valence-corrected chi connectivity index (χ0v) is 8.72. The number of hydrogen-bond acceptors (Lipinski definition) is 1. The third-order valence-corrected chi connectivity index (χ3v) is 2.83. The molecule has 1 rings (SSSR count). The molecule has 0 heterocycles. The van der Waals surface area contributed by atoms with Gasteiger partial charge in [-0.1, -0.05) is 28.1 Å². The fraction of sp³-hybridized carbons (Fsp3) is 0.300. The van der Waals surface area contributed by atoms with Gasteiger partial charge in [-0.15, -0.1) is 0 Å². The second-order valence-corrected chi connectivity index (χ2v) is 3.66. The molecule has 0 saturated carbocycles. The van der Waals surface area contributed by atoms with E-state index in [4.69, 9.17) is 5.26 Å². The van der Waals surface area contributed by atoms with Crippen LogP contribution in [-0.4, -0.2) is 0 Å². The normalized spacial score (nSPS) is 12.2. The number of rotatable bonds is 1. The average Bonchev–Trinajstić information content (AvgIpc) is 2.08. The summed E-state index contributed by atoms with van der Waals surface area (Å²) in [6, 6.07) is 8.17. The minimum Gasteiger partial charge on any atom is -0.198 e. The molecule has 1 aromatic carbocycles. The first kappa shape index (κ1) is 9.28. The van der Waals surface area contributed by atoms with Gasteiger partial charge in [-0.3, -0.25) is 0 Å². The van der Waals surface area contributed by atoms with Gasteiger partial charge in [-0.2, -0.15) is 5.26 Å². The van der Waals surface area contributed by atoms with Gasteiger partial charge in [0.05, 0.1) is 12.0 Å². The van der Waals surface area contributed by atoms with Crippen LogP contribution in [0.5, 0.6) is 0 Å². The molecule has 2 heteroatoms. The van der Waals surface area contributed by atoms with Gasteiger partial charge in [0.1, 0.15) is 0 Å². The minimum absolute atomic E-state index is 0.0255. The first-order chi connectivity index (χ1) is 5.66. The molecule has 0 aliphatic carbocycles. The highest BCUT2D eigenvalue weighted by atomic mass is 79.9. The quantitative estimate of drug-likeness (QED) is 0.717. The monoisotopic (exact) mass is 223 g/mol. The molecule has 0 aliphatic rings. The summed E-state index contributed by atoms with van der Waals surface area (Å²) in [5.41, 5.74) is 2.26. The first-order valence-corrected chi connectivity index (χ1v) is 4.60. The Morgan fingerprint density at radius 3 is 2.75 bits per heavy atom. The van der Waals surface area contributed by atoms with Crippen molar-refractivity contribution in [2.24, 2.45) is 0 Å². The highest BCUT2D eigenvalue weighted by Gasteiger charge is 2.07. The standard InChI is InChI=1S/C10H10BrN/c1-7(6-12)9-4-3-5-10(11)8(9)2/h3-5,7H,1-2H3. The van der Waals surface area contributed by atoms with Crippen LogP contribution in [0.25, 0.3) is 0 Å². The fourth-order valence-corrected chi connectivity index (χ4v) is 1.54. The summed E-state index contributed by atoms with van der Waals surface area (Å²) < 4.78 is 1.07. The third kappa shape index (κ3) is 1.67. The molecule has 0 amide bonds. The highest BCUT2D eigenvalue weighted by Crippen LogP contribution is 2.24. The summed E-state index contributed by atoms with van der Waals surface area (Å²) in [5, 5.41) is 8.74. The Balaban J connectivity index is 3.18. The lowest BCUT2D eigenvalue weighted by Gasteiger charge is -2.08. The van der Waals surface area contributed by atoms with Crippen LogP contribution in [0.2, 0.25) is 0 Å². The SMILES string of the molecule is Cc1c(Br)cccc1C(C)C#N. The largest absolute Gasteiger partial charge is 0.198 e. The summed E-state index contributed by atoms with van der Waals surface area (Å²) in [6.45, 7) is 3.93. The summed E-state index contributed by atoms with van der Waals surface area (Å²) in [6.07, 6.45) is 0. The molecule has 1 atom stereocenters. The Hall–Kier alpha value is -0.810. The van der Waals surface area contributed by atoms with Crippen molar-refractivity contribution in [1.82, 2.24) is 0 Å². The van der Waals surface area contributed by atoms with Crippen LogP contribution in [0.15, 0.2) is 22.7 Å². The zero-order valence-electron chi connectivity index (χ0n) is 7.13. The predicted molar refractivity (Wildman–Crippen MR) is 52.9 cm³/mol. The van der Waals surface area contributed by atoms with Crippen LogP contribution in [0, 0.1) is 18.3 Å². The Morgan fingerprint density at radius 1 is 1.50 bits per heavy atom. The highest BCUT2D eigenvalue weighted by molar-refractivity contribution is 9.10. The lowest BCUT2D eigenvalue weighted by atomic mass is 9.98. The lowest BCUT2D eigenvalue weighted by molar-refractivity contribution is 0.963. The Labute approximate surface area is 81.2 Å². The summed E-state index contributed by atoms with van der Waals surface area (Å²) in [4.78, 5) is 0. The summed E-state index contributed by atoms with van der Waals surface area (Å²) in [7, 11) is 0. The van der Waals surface area contributed by atoms with Crippen LogP contribution >= 0.6 is 15.9 Å². The van der Waals surface area contributed by atoms with Crippen molar-refractivity contribution < 1.29 is 0 Å². The second kappa shape index (κ2) is 3.73. The Bertz CT molecular complexity index is 325. The predicted octanol–water partition coefficient (Wildman–Crippen LogP) is 3.38. The molecule has 1 unspecified atom stereocenters. The molecule has 0 spiro atoms.